The number of primary amides is 1. The monoisotopic (exact) mass is 576 g/mol. The summed E-state index contributed by atoms with van der Waals surface area (Å²) in [5, 5.41) is 30.2. The predicted octanol–water partition coefficient (Wildman–Crippen LogP) is -1.27. The zero-order chi connectivity index (χ0) is 28.1. The van der Waals surface area contributed by atoms with Crippen LogP contribution in [0.2, 0.25) is 0 Å². The smallest absolute Gasteiger partial charge is 0.352 e. The van der Waals surface area contributed by atoms with E-state index in [1.54, 1.807) is 18.2 Å². The summed E-state index contributed by atoms with van der Waals surface area (Å²) in [4.78, 5) is 61.3. The molecule has 1 aromatic carbocycles. The summed E-state index contributed by atoms with van der Waals surface area (Å²) in [7, 11) is 0. The fraction of sp³-hybridized carbons (Fsp3) is 0.333. The molecule has 4 rings (SSSR count). The van der Waals surface area contributed by atoms with Crippen LogP contribution in [0.4, 0.5) is 10.5 Å². The third-order valence-corrected chi connectivity index (χ3v) is 8.43. The van der Waals surface area contributed by atoms with Crippen molar-refractivity contribution in [2.75, 3.05) is 17.6 Å². The number of aliphatic carboxylic acids is 1. The van der Waals surface area contributed by atoms with Crippen LogP contribution in [0.5, 0.6) is 0 Å². The Kier molecular flexibility index (Phi) is 8.67. The van der Waals surface area contributed by atoms with Crippen molar-refractivity contribution in [1.29, 1.82) is 0 Å². The van der Waals surface area contributed by atoms with E-state index in [0.717, 1.165) is 16.7 Å². The van der Waals surface area contributed by atoms with Gasteiger partial charge in [-0.1, -0.05) is 23.9 Å². The van der Waals surface area contributed by atoms with Crippen LogP contribution in [0.25, 0.3) is 0 Å². The molecule has 3 unspecified atom stereocenters. The molecule has 0 bridgehead atoms. The number of hydrogen-bond acceptors (Lipinski definition) is 11. The molecule has 3 heterocycles. The van der Waals surface area contributed by atoms with Crippen molar-refractivity contribution in [3.05, 3.63) is 41.1 Å². The van der Waals surface area contributed by atoms with Crippen LogP contribution in [0.15, 0.2) is 40.7 Å². The van der Waals surface area contributed by atoms with Crippen LogP contribution < -0.4 is 27.4 Å². The fourth-order valence-corrected chi connectivity index (χ4v) is 6.69. The number of nitrogens with two attached hydrogens (primary N) is 2. The molecule has 0 saturated carbocycles. The van der Waals surface area contributed by atoms with Gasteiger partial charge in [-0.25, -0.2) is 14.7 Å². The van der Waals surface area contributed by atoms with Crippen molar-refractivity contribution in [3.8, 4) is 0 Å². The molecule has 18 heteroatoms. The van der Waals surface area contributed by atoms with Gasteiger partial charge in [-0.2, -0.15) is 0 Å². The minimum atomic E-state index is -1.31. The molecule has 0 aliphatic carbocycles. The third kappa shape index (κ3) is 6.13. The average molecular weight is 577 g/mol. The van der Waals surface area contributed by atoms with Gasteiger partial charge in [0.15, 0.2) is 0 Å². The van der Waals surface area contributed by atoms with Gasteiger partial charge in [0, 0.05) is 23.2 Å². The Hall–Kier alpha value is -4.16. The van der Waals surface area contributed by atoms with Crippen LogP contribution in [0, 0.1) is 0 Å². The van der Waals surface area contributed by atoms with E-state index in [4.69, 9.17) is 11.5 Å². The number of rotatable bonds is 12. The Morgan fingerprint density at radius 3 is 2.82 bits per heavy atom. The highest BCUT2D eigenvalue weighted by atomic mass is 32.2. The molecule has 206 valence electrons. The molecule has 0 spiro atoms. The van der Waals surface area contributed by atoms with Crippen LogP contribution in [0.3, 0.4) is 0 Å². The highest BCUT2D eigenvalue weighted by Gasteiger charge is 2.55. The Balaban J connectivity index is 1.51. The lowest BCUT2D eigenvalue weighted by Gasteiger charge is -2.50. The summed E-state index contributed by atoms with van der Waals surface area (Å²) in [6.07, 6.45) is 0.773. The lowest BCUT2D eigenvalue weighted by atomic mass is 9.99. The van der Waals surface area contributed by atoms with Gasteiger partial charge in [-0.05, 0) is 40.1 Å². The van der Waals surface area contributed by atoms with Gasteiger partial charge in [0.1, 0.15) is 23.2 Å². The highest BCUT2D eigenvalue weighted by Crippen LogP contribution is 2.44. The van der Waals surface area contributed by atoms with Crippen molar-refractivity contribution >= 4 is 59.4 Å². The number of urea groups is 1. The molecule has 39 heavy (non-hydrogen) atoms. The zero-order valence-corrected chi connectivity index (χ0v) is 21.7. The van der Waals surface area contributed by atoms with Gasteiger partial charge in [0.25, 0.3) is 5.91 Å². The lowest BCUT2D eigenvalue weighted by Crippen LogP contribution is -2.71. The van der Waals surface area contributed by atoms with Gasteiger partial charge >= 0.3 is 12.0 Å². The summed E-state index contributed by atoms with van der Waals surface area (Å²) < 4.78 is 0. The van der Waals surface area contributed by atoms with Crippen LogP contribution >= 0.6 is 23.5 Å². The first kappa shape index (κ1) is 27.9. The Morgan fingerprint density at radius 1 is 1.36 bits per heavy atom. The summed E-state index contributed by atoms with van der Waals surface area (Å²) >= 11 is 2.44. The van der Waals surface area contributed by atoms with Crippen LogP contribution in [-0.4, -0.2) is 89.8 Å². The van der Waals surface area contributed by atoms with Crippen molar-refractivity contribution < 1.29 is 29.1 Å². The topological polar surface area (TPSA) is 251 Å². The SMILES string of the molecule is NC(=O)NCCC(Sc1nnn[nH]1)C1=C(C(=O)O)N2C(=O)C(NC(=O)C(N)c3cccc(NC=O)c3)[C@@H]2SC1. The summed E-state index contributed by atoms with van der Waals surface area (Å²) in [6, 6.07) is 3.55. The number of carbonyl (C=O) groups is 5. The van der Waals surface area contributed by atoms with Gasteiger partial charge in [-0.15, -0.1) is 16.9 Å². The maximum atomic E-state index is 13.1. The standard InChI is InChI=1S/C21H24N10O6S2/c22-13(9-2-1-3-10(6-9)25-8-32)16(33)26-14-17(34)31-15(19(35)36)11(7-38-18(14)31)12(4-5-24-20(23)37)39-21-27-29-30-28-21/h1-3,6,8,12-14,18H,4-5,7,22H2,(H,25,32)(H,26,33)(H,35,36)(H3,23,24,37)(H,27,28,29,30)/t12?,13?,14?,18-/m0/s1. The largest absolute Gasteiger partial charge is 0.477 e. The molecule has 1 aromatic heterocycles. The number of carboxylic acids is 1. The summed E-state index contributed by atoms with van der Waals surface area (Å²) in [6.45, 7) is 0.146. The van der Waals surface area contributed by atoms with Crippen molar-refractivity contribution in [3.63, 3.8) is 0 Å². The second kappa shape index (κ2) is 12.1. The Bertz CT molecular complexity index is 1310. The van der Waals surface area contributed by atoms with E-state index in [1.165, 1.54) is 17.8 Å². The van der Waals surface area contributed by atoms with E-state index >= 15 is 0 Å². The van der Waals surface area contributed by atoms with Crippen LogP contribution in [0.1, 0.15) is 18.0 Å². The molecule has 2 aromatic rings. The number of carboxylic acid groups (broad SMARTS) is 1. The molecule has 1 fully saturated rings. The molecule has 2 aliphatic heterocycles. The maximum absolute atomic E-state index is 13.1. The van der Waals surface area contributed by atoms with Gasteiger partial charge in [0.05, 0.1) is 0 Å². The number of tetrazole rings is 1. The summed E-state index contributed by atoms with van der Waals surface area (Å²) in [5.41, 5.74) is 12.3. The number of amides is 5. The molecule has 4 atom stereocenters. The number of fused-ring (bicyclic) bond motifs is 1. The number of carbonyl (C=O) groups excluding carboxylic acids is 4. The first-order valence-electron chi connectivity index (χ1n) is 11.4. The number of hydrogen-bond donors (Lipinski definition) is 7. The average Bonchev–Trinajstić information content (AvgIpc) is 3.43. The molecular weight excluding hydrogens is 552 g/mol. The Labute approximate surface area is 229 Å². The second-order valence-electron chi connectivity index (χ2n) is 8.33. The number of nitrogens with one attached hydrogen (secondary N) is 4. The van der Waals surface area contributed by atoms with E-state index in [9.17, 15) is 29.1 Å². The number of aromatic amines is 1. The van der Waals surface area contributed by atoms with Crippen LogP contribution in [-0.2, 0) is 19.2 Å². The predicted molar refractivity (Wildman–Crippen MR) is 139 cm³/mol. The van der Waals surface area contributed by atoms with E-state index in [-0.39, 0.29) is 24.4 Å². The molecule has 2 aliphatic rings. The second-order valence-corrected chi connectivity index (χ2v) is 10.6. The zero-order valence-electron chi connectivity index (χ0n) is 20.1. The number of thioether (sulfide) groups is 2. The lowest BCUT2D eigenvalue weighted by molar-refractivity contribution is -0.150. The number of H-pyrrole nitrogens is 1. The minimum Gasteiger partial charge on any atom is -0.477 e. The van der Waals surface area contributed by atoms with Gasteiger partial charge in [0.2, 0.25) is 17.5 Å². The number of β-lactam (4-membered cyclic amide) rings is 1. The third-order valence-electron chi connectivity index (χ3n) is 5.93. The number of nitrogens with zero attached hydrogens (tertiary/aromatic N) is 4. The molecule has 5 amide bonds. The number of aromatic nitrogens is 4. The first-order valence-corrected chi connectivity index (χ1v) is 13.3. The first-order chi connectivity index (χ1) is 18.7. The molecule has 0 radical (unpaired) electrons. The van der Waals surface area contributed by atoms with Crippen molar-refractivity contribution in [2.45, 2.75) is 34.3 Å². The Morgan fingerprint density at radius 2 is 2.15 bits per heavy atom. The van der Waals surface area contributed by atoms with E-state index in [0.29, 0.717) is 28.4 Å². The summed E-state index contributed by atoms with van der Waals surface area (Å²) in [5.74, 6) is -2.32. The van der Waals surface area contributed by atoms with Crippen molar-refractivity contribution in [2.24, 2.45) is 11.5 Å². The quantitative estimate of drug-likeness (QED) is 0.0887. The van der Waals surface area contributed by atoms with E-state index in [2.05, 4.69) is 36.6 Å². The molecular formula is C21H24N10O6S2. The normalized spacial score (nSPS) is 19.8. The van der Waals surface area contributed by atoms with Gasteiger partial charge < -0.3 is 32.5 Å². The van der Waals surface area contributed by atoms with Crippen molar-refractivity contribution in [1.82, 2.24) is 36.2 Å². The van der Waals surface area contributed by atoms with E-state index < -0.39 is 46.5 Å². The molecule has 9 N–H and O–H groups in total. The maximum Gasteiger partial charge on any atom is 0.352 e. The fourth-order valence-electron chi connectivity index (χ4n) is 4.14. The number of anilines is 1. The van der Waals surface area contributed by atoms with Gasteiger partial charge in [-0.3, -0.25) is 19.3 Å². The van der Waals surface area contributed by atoms with E-state index in [1.807, 2.05) is 0 Å². The minimum absolute atomic E-state index is 0.146. The highest BCUT2D eigenvalue weighted by molar-refractivity contribution is 8.01. The molecule has 16 nitrogen and oxygen atoms in total. The number of benzene rings is 1. The molecule has 1 saturated heterocycles.